The lowest BCUT2D eigenvalue weighted by Gasteiger charge is -2.64. The Morgan fingerprint density at radius 2 is 1.81 bits per heavy atom. The molecule has 3 N–H and O–H groups in total. The number of carbonyl (C=O) groups is 2. The highest BCUT2D eigenvalue weighted by Crippen LogP contribution is 2.68. The number of hydrogen-bond donors (Lipinski definition) is 3. The van der Waals surface area contributed by atoms with Crippen molar-refractivity contribution in [3.8, 4) is 0 Å². The zero-order valence-electron chi connectivity index (χ0n) is 15.9. The Bertz CT molecular complexity index is 632. The van der Waals surface area contributed by atoms with Crippen LogP contribution in [0.2, 0.25) is 0 Å². The number of aliphatic hydroxyl groups excluding tert-OH is 2. The number of aliphatic hydroxyl groups is 3. The molecule has 0 heterocycles. The lowest BCUT2D eigenvalue weighted by atomic mass is 9.43. The fraction of sp³-hybridized carbons (Fsp3) is 0.905. The molecule has 0 aromatic rings. The molecule has 5 heteroatoms. The summed E-state index contributed by atoms with van der Waals surface area (Å²) in [5.41, 5.74) is -1.81. The topological polar surface area (TPSA) is 94.8 Å². The summed E-state index contributed by atoms with van der Waals surface area (Å²) in [6.07, 6.45) is 4.69. The second-order valence-electron chi connectivity index (χ2n) is 9.92. The molecule has 4 rings (SSSR count). The Morgan fingerprint density at radius 1 is 1.08 bits per heavy atom. The molecule has 0 aliphatic heterocycles. The van der Waals surface area contributed by atoms with Crippen LogP contribution >= 0.6 is 0 Å². The third-order valence-corrected chi connectivity index (χ3v) is 9.30. The third-order valence-electron chi connectivity index (χ3n) is 9.30. The van der Waals surface area contributed by atoms with Crippen LogP contribution in [-0.4, -0.2) is 45.2 Å². The molecule has 8 atom stereocenters. The summed E-state index contributed by atoms with van der Waals surface area (Å²) in [7, 11) is 0. The summed E-state index contributed by atoms with van der Waals surface area (Å²) >= 11 is 0. The molecule has 4 fully saturated rings. The molecule has 0 bridgehead atoms. The zero-order valence-corrected chi connectivity index (χ0v) is 15.9. The molecule has 0 aromatic carbocycles. The van der Waals surface area contributed by atoms with E-state index in [-0.39, 0.29) is 35.4 Å². The van der Waals surface area contributed by atoms with Gasteiger partial charge < -0.3 is 15.3 Å². The second-order valence-corrected chi connectivity index (χ2v) is 9.92. The van der Waals surface area contributed by atoms with Gasteiger partial charge in [0, 0.05) is 17.8 Å². The molecule has 26 heavy (non-hydrogen) atoms. The molecule has 146 valence electrons. The Hall–Kier alpha value is -0.780. The molecule has 0 aromatic heterocycles. The van der Waals surface area contributed by atoms with Crippen molar-refractivity contribution in [1.82, 2.24) is 0 Å². The Balaban J connectivity index is 1.66. The number of fused-ring (bicyclic) bond motifs is 5. The van der Waals surface area contributed by atoms with Gasteiger partial charge in [0.25, 0.3) is 0 Å². The van der Waals surface area contributed by atoms with Crippen molar-refractivity contribution in [2.75, 3.05) is 6.61 Å². The highest BCUT2D eigenvalue weighted by atomic mass is 16.4. The van der Waals surface area contributed by atoms with Crippen LogP contribution in [0.15, 0.2) is 0 Å². The second kappa shape index (κ2) is 5.86. The van der Waals surface area contributed by atoms with Gasteiger partial charge in [-0.2, -0.15) is 0 Å². The smallest absolute Gasteiger partial charge is 0.164 e. The summed E-state index contributed by atoms with van der Waals surface area (Å²) in [4.78, 5) is 24.4. The minimum Gasteiger partial charge on any atom is -0.389 e. The largest absolute Gasteiger partial charge is 0.389 e. The van der Waals surface area contributed by atoms with Crippen molar-refractivity contribution in [3.05, 3.63) is 0 Å². The van der Waals surface area contributed by atoms with Gasteiger partial charge in [-0.15, -0.1) is 0 Å². The van der Waals surface area contributed by atoms with Crippen LogP contribution in [0, 0.1) is 34.5 Å². The average molecular weight is 364 g/mol. The quantitative estimate of drug-likeness (QED) is 0.695. The maximum absolute atomic E-state index is 12.3. The molecule has 4 aliphatic carbocycles. The first-order chi connectivity index (χ1) is 12.2. The summed E-state index contributed by atoms with van der Waals surface area (Å²) in [5, 5.41) is 31.2. The van der Waals surface area contributed by atoms with E-state index in [0.717, 1.165) is 32.1 Å². The SMILES string of the molecule is C[C@]12CC[C@H]3[C@@H](CCC4(O)C(O)C(=O)CC[C@]34C)[C@@H]1CC[C@@H]2C(=O)CO. The summed E-state index contributed by atoms with van der Waals surface area (Å²) in [5.74, 6) is 0.841. The first-order valence-corrected chi connectivity index (χ1v) is 10.3. The van der Waals surface area contributed by atoms with Gasteiger partial charge in [0.1, 0.15) is 18.3 Å². The van der Waals surface area contributed by atoms with Gasteiger partial charge in [-0.05, 0) is 68.1 Å². The van der Waals surface area contributed by atoms with Gasteiger partial charge in [0.15, 0.2) is 11.6 Å². The predicted molar refractivity (Wildman–Crippen MR) is 95.2 cm³/mol. The van der Waals surface area contributed by atoms with Crippen molar-refractivity contribution in [1.29, 1.82) is 0 Å². The van der Waals surface area contributed by atoms with Gasteiger partial charge in [-0.25, -0.2) is 0 Å². The molecule has 5 nitrogen and oxygen atoms in total. The monoisotopic (exact) mass is 364 g/mol. The van der Waals surface area contributed by atoms with Crippen molar-refractivity contribution < 1.29 is 24.9 Å². The lowest BCUT2D eigenvalue weighted by molar-refractivity contribution is -0.238. The van der Waals surface area contributed by atoms with Crippen molar-refractivity contribution in [2.45, 2.75) is 76.9 Å². The first-order valence-electron chi connectivity index (χ1n) is 10.3. The van der Waals surface area contributed by atoms with Crippen LogP contribution in [0.1, 0.15) is 65.2 Å². The molecule has 0 spiro atoms. The third kappa shape index (κ3) is 2.14. The fourth-order valence-corrected chi connectivity index (χ4v) is 7.75. The van der Waals surface area contributed by atoms with Crippen LogP contribution in [0.4, 0.5) is 0 Å². The van der Waals surface area contributed by atoms with Gasteiger partial charge in [0.05, 0.1) is 0 Å². The van der Waals surface area contributed by atoms with Crippen LogP contribution in [0.5, 0.6) is 0 Å². The van der Waals surface area contributed by atoms with Crippen LogP contribution < -0.4 is 0 Å². The molecule has 2 unspecified atom stereocenters. The number of ketones is 2. The molecule has 0 saturated heterocycles. The maximum atomic E-state index is 12.3. The molecular weight excluding hydrogens is 332 g/mol. The molecule has 0 radical (unpaired) electrons. The van der Waals surface area contributed by atoms with Crippen LogP contribution in [0.3, 0.4) is 0 Å². The highest BCUT2D eigenvalue weighted by molar-refractivity contribution is 5.85. The fourth-order valence-electron chi connectivity index (χ4n) is 7.75. The number of carbonyl (C=O) groups excluding carboxylic acids is 2. The zero-order chi connectivity index (χ0) is 18.9. The van der Waals surface area contributed by atoms with E-state index >= 15 is 0 Å². The van der Waals surface area contributed by atoms with Gasteiger partial charge in [-0.3, -0.25) is 9.59 Å². The highest BCUT2D eigenvalue weighted by Gasteiger charge is 2.67. The van der Waals surface area contributed by atoms with E-state index in [9.17, 15) is 24.9 Å². The first kappa shape index (κ1) is 18.6. The number of Topliss-reactive ketones (excluding diaryl/α,β-unsaturated/α-hetero) is 2. The standard InChI is InChI=1S/C21H32O5/c1-19-8-6-14-12(13(19)3-4-15(19)17(24)11-22)5-10-21(26)18(25)16(23)7-9-20(14,21)2/h12-15,18,22,25-26H,3-11H2,1-2H3/t12-,13-,14-,15+,18?,19-,20+,21?/m0/s1. The lowest BCUT2D eigenvalue weighted by Crippen LogP contribution is -2.68. The van der Waals surface area contributed by atoms with E-state index < -0.39 is 17.1 Å². The van der Waals surface area contributed by atoms with E-state index in [4.69, 9.17) is 0 Å². The van der Waals surface area contributed by atoms with Gasteiger partial charge >= 0.3 is 0 Å². The predicted octanol–water partition coefficient (Wildman–Crippen LogP) is 1.86. The summed E-state index contributed by atoms with van der Waals surface area (Å²) in [6.45, 7) is 3.93. The Kier molecular flexibility index (Phi) is 4.18. The number of rotatable bonds is 2. The molecular formula is C21H32O5. The Morgan fingerprint density at radius 3 is 2.50 bits per heavy atom. The van der Waals surface area contributed by atoms with Crippen molar-refractivity contribution in [3.63, 3.8) is 0 Å². The van der Waals surface area contributed by atoms with Crippen molar-refractivity contribution in [2.24, 2.45) is 34.5 Å². The molecule has 4 aliphatic rings. The van der Waals surface area contributed by atoms with Crippen LogP contribution in [-0.2, 0) is 9.59 Å². The van der Waals surface area contributed by atoms with Gasteiger partial charge in [0.2, 0.25) is 0 Å². The summed E-state index contributed by atoms with van der Waals surface area (Å²) in [6, 6.07) is 0. The molecule has 4 saturated carbocycles. The summed E-state index contributed by atoms with van der Waals surface area (Å²) < 4.78 is 0. The van der Waals surface area contributed by atoms with E-state index in [1.54, 1.807) is 0 Å². The van der Waals surface area contributed by atoms with E-state index in [1.807, 2.05) is 0 Å². The van der Waals surface area contributed by atoms with E-state index in [0.29, 0.717) is 31.1 Å². The normalized spacial score (nSPS) is 53.6. The number of hydrogen-bond acceptors (Lipinski definition) is 5. The minimum absolute atomic E-state index is 0.0225. The van der Waals surface area contributed by atoms with Gasteiger partial charge in [-0.1, -0.05) is 13.8 Å². The van der Waals surface area contributed by atoms with Crippen LogP contribution in [0.25, 0.3) is 0 Å². The minimum atomic E-state index is -1.31. The average Bonchev–Trinajstić information content (AvgIpc) is 2.97. The van der Waals surface area contributed by atoms with E-state index in [1.165, 1.54) is 0 Å². The Labute approximate surface area is 155 Å². The maximum Gasteiger partial charge on any atom is 0.164 e. The van der Waals surface area contributed by atoms with Crippen molar-refractivity contribution >= 4 is 11.6 Å². The molecule has 0 amide bonds. The van der Waals surface area contributed by atoms with E-state index in [2.05, 4.69) is 13.8 Å².